The molecule has 0 atom stereocenters. The van der Waals surface area contributed by atoms with Gasteiger partial charge < -0.3 is 14.3 Å². The summed E-state index contributed by atoms with van der Waals surface area (Å²) in [5.74, 6) is -0.372. The number of carbonyl (C=O) groups is 1. The summed E-state index contributed by atoms with van der Waals surface area (Å²) in [5.41, 5.74) is 0.535. The zero-order valence-electron chi connectivity index (χ0n) is 9.21. The van der Waals surface area contributed by atoms with Crippen molar-refractivity contribution < 1.29 is 19.1 Å². The van der Waals surface area contributed by atoms with Crippen LogP contribution in [0.1, 0.15) is 17.4 Å². The van der Waals surface area contributed by atoms with Crippen molar-refractivity contribution in [3.63, 3.8) is 0 Å². The van der Waals surface area contributed by atoms with Crippen LogP contribution in [0.4, 0.5) is 0 Å². The highest BCUT2D eigenvalue weighted by molar-refractivity contribution is 5.95. The monoisotopic (exact) mass is 233 g/mol. The Kier molecular flexibility index (Phi) is 3.09. The highest BCUT2D eigenvalue weighted by Gasteiger charge is 2.19. The van der Waals surface area contributed by atoms with Crippen molar-refractivity contribution in [3.8, 4) is 17.1 Å². The molecule has 2 aromatic rings. The molecule has 5 nitrogen and oxygen atoms in total. The molecule has 0 bridgehead atoms. The summed E-state index contributed by atoms with van der Waals surface area (Å²) in [6, 6.07) is 4.69. The highest BCUT2D eigenvalue weighted by atomic mass is 16.5. The second-order valence-corrected chi connectivity index (χ2v) is 3.26. The van der Waals surface area contributed by atoms with Crippen LogP contribution in [0.15, 0.2) is 35.1 Å². The molecule has 2 heterocycles. The number of carbonyl (C=O) groups excluding carboxylic acids is 1. The van der Waals surface area contributed by atoms with Crippen LogP contribution in [0.25, 0.3) is 11.3 Å². The van der Waals surface area contributed by atoms with Gasteiger partial charge in [0, 0.05) is 12.3 Å². The minimum atomic E-state index is -0.543. The normalized spacial score (nSPS) is 10.2. The number of nitrogens with zero attached hydrogens (tertiary/aromatic N) is 1. The van der Waals surface area contributed by atoms with Crippen LogP contribution in [-0.2, 0) is 4.74 Å². The summed E-state index contributed by atoms with van der Waals surface area (Å²) in [6.45, 7) is 1.98. The maximum Gasteiger partial charge on any atom is 0.357 e. The number of rotatable bonds is 3. The van der Waals surface area contributed by atoms with E-state index in [4.69, 9.17) is 9.15 Å². The molecule has 0 fully saturated rings. The molecule has 0 saturated carbocycles. The van der Waals surface area contributed by atoms with E-state index in [0.717, 1.165) is 0 Å². The van der Waals surface area contributed by atoms with Crippen molar-refractivity contribution in [2.75, 3.05) is 6.61 Å². The van der Waals surface area contributed by atoms with Gasteiger partial charge in [0.15, 0.2) is 17.2 Å². The Morgan fingerprint density at radius 2 is 2.35 bits per heavy atom. The van der Waals surface area contributed by atoms with E-state index in [2.05, 4.69) is 4.98 Å². The molecular weight excluding hydrogens is 222 g/mol. The van der Waals surface area contributed by atoms with E-state index in [9.17, 15) is 9.90 Å². The maximum absolute atomic E-state index is 11.7. The van der Waals surface area contributed by atoms with Crippen molar-refractivity contribution in [2.45, 2.75) is 6.92 Å². The summed E-state index contributed by atoms with van der Waals surface area (Å²) < 4.78 is 10.0. The molecule has 0 radical (unpaired) electrons. The fourth-order valence-electron chi connectivity index (χ4n) is 1.45. The van der Waals surface area contributed by atoms with Crippen molar-refractivity contribution >= 4 is 5.97 Å². The lowest BCUT2D eigenvalue weighted by Crippen LogP contribution is -2.08. The Bertz CT molecular complexity index is 533. The number of esters is 1. The van der Waals surface area contributed by atoms with E-state index in [1.54, 1.807) is 19.1 Å². The molecule has 0 aliphatic rings. The van der Waals surface area contributed by atoms with E-state index < -0.39 is 5.97 Å². The lowest BCUT2D eigenvalue weighted by Gasteiger charge is -2.05. The molecule has 0 aromatic carbocycles. The third-order valence-electron chi connectivity index (χ3n) is 2.17. The maximum atomic E-state index is 11.7. The average Bonchev–Trinajstić information content (AvgIpc) is 2.76. The van der Waals surface area contributed by atoms with Gasteiger partial charge in [0.2, 0.25) is 0 Å². The second-order valence-electron chi connectivity index (χ2n) is 3.26. The Balaban J connectivity index is 2.48. The molecule has 0 aliphatic carbocycles. The van der Waals surface area contributed by atoms with E-state index in [1.807, 2.05) is 0 Å². The first kappa shape index (κ1) is 11.2. The van der Waals surface area contributed by atoms with Gasteiger partial charge >= 0.3 is 5.97 Å². The Hall–Kier alpha value is -2.30. The zero-order valence-corrected chi connectivity index (χ0v) is 9.21. The van der Waals surface area contributed by atoms with Gasteiger partial charge in [-0.2, -0.15) is 0 Å². The molecule has 0 spiro atoms. The molecule has 17 heavy (non-hydrogen) atoms. The molecule has 1 N–H and O–H groups in total. The van der Waals surface area contributed by atoms with Crippen molar-refractivity contribution in [3.05, 3.63) is 36.4 Å². The molecule has 2 rings (SSSR count). The van der Waals surface area contributed by atoms with E-state index in [1.165, 1.54) is 18.5 Å². The Morgan fingerprint density at radius 3 is 3.00 bits per heavy atom. The smallest absolute Gasteiger partial charge is 0.357 e. The number of aromatic hydroxyl groups is 1. The lowest BCUT2D eigenvalue weighted by atomic mass is 10.1. The van der Waals surface area contributed by atoms with Gasteiger partial charge in [-0.3, -0.25) is 0 Å². The van der Waals surface area contributed by atoms with E-state index in [0.29, 0.717) is 5.56 Å². The first-order chi connectivity index (χ1) is 8.24. The highest BCUT2D eigenvalue weighted by Crippen LogP contribution is 2.31. The summed E-state index contributed by atoms with van der Waals surface area (Å²) in [4.78, 5) is 15.6. The van der Waals surface area contributed by atoms with Crippen LogP contribution in [0.5, 0.6) is 5.75 Å². The standard InChI is InChI=1S/C12H11NO4/c1-2-16-12(15)10-8(4-3-6-13-10)11-9(14)5-7-17-11/h3-7,14H,2H2,1H3. The van der Waals surface area contributed by atoms with Crippen LogP contribution in [-0.4, -0.2) is 22.7 Å². The Morgan fingerprint density at radius 1 is 1.53 bits per heavy atom. The first-order valence-electron chi connectivity index (χ1n) is 5.13. The fourth-order valence-corrected chi connectivity index (χ4v) is 1.45. The molecule has 0 aliphatic heterocycles. The second kappa shape index (κ2) is 4.69. The topological polar surface area (TPSA) is 72.6 Å². The van der Waals surface area contributed by atoms with Gasteiger partial charge in [-0.15, -0.1) is 0 Å². The van der Waals surface area contributed by atoms with E-state index in [-0.39, 0.29) is 23.8 Å². The van der Waals surface area contributed by atoms with Gasteiger partial charge in [-0.25, -0.2) is 9.78 Å². The van der Waals surface area contributed by atoms with Crippen LogP contribution < -0.4 is 0 Å². The SMILES string of the molecule is CCOC(=O)c1ncccc1-c1occc1O. The predicted octanol–water partition coefficient (Wildman–Crippen LogP) is 2.22. The van der Waals surface area contributed by atoms with Crippen LogP contribution in [0, 0.1) is 0 Å². The van der Waals surface area contributed by atoms with Gasteiger partial charge in [-0.1, -0.05) is 0 Å². The number of hydrogen-bond donors (Lipinski definition) is 1. The first-order valence-corrected chi connectivity index (χ1v) is 5.13. The zero-order chi connectivity index (χ0) is 12.3. The van der Waals surface area contributed by atoms with Crippen molar-refractivity contribution in [1.82, 2.24) is 4.98 Å². The minimum Gasteiger partial charge on any atom is -0.504 e. The number of furan rings is 1. The van der Waals surface area contributed by atoms with Crippen LogP contribution in [0.3, 0.4) is 0 Å². The number of pyridine rings is 1. The van der Waals surface area contributed by atoms with Gasteiger partial charge in [0.1, 0.15) is 0 Å². The summed E-state index contributed by atoms with van der Waals surface area (Å²) in [5, 5.41) is 9.57. The average molecular weight is 233 g/mol. The molecule has 0 unspecified atom stereocenters. The summed E-state index contributed by atoms with van der Waals surface area (Å²) >= 11 is 0. The summed E-state index contributed by atoms with van der Waals surface area (Å²) in [6.07, 6.45) is 2.82. The number of hydrogen-bond acceptors (Lipinski definition) is 5. The molecule has 88 valence electrons. The van der Waals surface area contributed by atoms with Gasteiger partial charge in [0.05, 0.1) is 18.4 Å². The minimum absolute atomic E-state index is 0.0384. The predicted molar refractivity (Wildman–Crippen MR) is 59.6 cm³/mol. The van der Waals surface area contributed by atoms with Crippen LogP contribution >= 0.6 is 0 Å². The quantitative estimate of drug-likeness (QED) is 0.823. The van der Waals surface area contributed by atoms with Crippen LogP contribution in [0.2, 0.25) is 0 Å². The molecule has 5 heteroatoms. The van der Waals surface area contributed by atoms with Crippen molar-refractivity contribution in [2.24, 2.45) is 0 Å². The number of aromatic nitrogens is 1. The molecule has 2 aromatic heterocycles. The fraction of sp³-hybridized carbons (Fsp3) is 0.167. The largest absolute Gasteiger partial charge is 0.504 e. The third kappa shape index (κ3) is 2.13. The third-order valence-corrected chi connectivity index (χ3v) is 2.17. The number of ether oxygens (including phenoxy) is 1. The molecular formula is C12H11NO4. The Labute approximate surface area is 97.7 Å². The van der Waals surface area contributed by atoms with Gasteiger partial charge in [-0.05, 0) is 19.1 Å². The van der Waals surface area contributed by atoms with Crippen molar-refractivity contribution in [1.29, 1.82) is 0 Å². The lowest BCUT2D eigenvalue weighted by molar-refractivity contribution is 0.0520. The summed E-state index contributed by atoms with van der Waals surface area (Å²) in [7, 11) is 0. The van der Waals surface area contributed by atoms with E-state index >= 15 is 0 Å². The molecule has 0 amide bonds. The molecule has 0 saturated heterocycles. The van der Waals surface area contributed by atoms with Gasteiger partial charge in [0.25, 0.3) is 0 Å².